The van der Waals surface area contributed by atoms with E-state index < -0.39 is 6.10 Å². The van der Waals surface area contributed by atoms with Crippen LogP contribution >= 0.6 is 0 Å². The van der Waals surface area contributed by atoms with Gasteiger partial charge in [-0.15, -0.1) is 0 Å². The molecular formula is C14H18FN3O. The number of hydrogen-bond acceptors (Lipinski definition) is 3. The Labute approximate surface area is 111 Å². The zero-order chi connectivity index (χ0) is 13.8. The molecule has 0 saturated carbocycles. The topological polar surface area (TPSA) is 50.9 Å². The van der Waals surface area contributed by atoms with E-state index in [0.717, 1.165) is 5.56 Å². The maximum Gasteiger partial charge on any atom is 0.156 e. The lowest BCUT2D eigenvalue weighted by molar-refractivity contribution is 0.136. The van der Waals surface area contributed by atoms with Crippen molar-refractivity contribution in [3.05, 3.63) is 47.8 Å². The van der Waals surface area contributed by atoms with Crippen LogP contribution in [0.3, 0.4) is 0 Å². The van der Waals surface area contributed by atoms with Crippen LogP contribution in [0.2, 0.25) is 0 Å². The molecule has 0 aliphatic carbocycles. The van der Waals surface area contributed by atoms with Crippen LogP contribution in [-0.2, 0) is 6.54 Å². The third-order valence-corrected chi connectivity index (χ3v) is 2.88. The summed E-state index contributed by atoms with van der Waals surface area (Å²) in [7, 11) is 0. The lowest BCUT2D eigenvalue weighted by Crippen LogP contribution is -2.13. The van der Waals surface area contributed by atoms with Crippen molar-refractivity contribution in [2.75, 3.05) is 0 Å². The summed E-state index contributed by atoms with van der Waals surface area (Å²) in [5.74, 6) is 0.673. The number of hydrogen-bond donors (Lipinski definition) is 1. The molecule has 0 amide bonds. The largest absolute Gasteiger partial charge is 0.385 e. The summed E-state index contributed by atoms with van der Waals surface area (Å²) in [6.07, 6.45) is 1.45. The summed E-state index contributed by atoms with van der Waals surface area (Å²) in [4.78, 5) is 4.11. The highest BCUT2D eigenvalue weighted by atomic mass is 19.1. The number of halogens is 1. The van der Waals surface area contributed by atoms with Crippen LogP contribution in [0.5, 0.6) is 0 Å². The minimum Gasteiger partial charge on any atom is -0.385 e. The van der Waals surface area contributed by atoms with Crippen LogP contribution < -0.4 is 0 Å². The second kappa shape index (κ2) is 5.93. The molecule has 0 bridgehead atoms. The number of benzene rings is 1. The van der Waals surface area contributed by atoms with Crippen molar-refractivity contribution in [2.45, 2.75) is 32.9 Å². The van der Waals surface area contributed by atoms with Gasteiger partial charge in [0.2, 0.25) is 0 Å². The first-order valence-corrected chi connectivity index (χ1v) is 6.36. The molecule has 1 heterocycles. The average Bonchev–Trinajstić information content (AvgIpc) is 2.79. The van der Waals surface area contributed by atoms with Crippen molar-refractivity contribution in [3.63, 3.8) is 0 Å². The second-order valence-electron chi connectivity index (χ2n) is 5.05. The SMILES string of the molecule is CC(C)C[C@@H](O)c1ncnn1Cc1ccc(F)cc1. The van der Waals surface area contributed by atoms with Gasteiger partial charge in [-0.2, -0.15) is 5.10 Å². The molecule has 1 atom stereocenters. The number of nitrogens with zero attached hydrogens (tertiary/aromatic N) is 3. The summed E-state index contributed by atoms with van der Waals surface area (Å²) in [5, 5.41) is 14.2. The highest BCUT2D eigenvalue weighted by Crippen LogP contribution is 2.19. The molecule has 0 radical (unpaired) electrons. The molecule has 0 saturated heterocycles. The molecule has 4 nitrogen and oxygen atoms in total. The number of aliphatic hydroxyl groups excluding tert-OH is 1. The quantitative estimate of drug-likeness (QED) is 0.902. The predicted octanol–water partition coefficient (Wildman–Crippen LogP) is 2.55. The van der Waals surface area contributed by atoms with E-state index in [4.69, 9.17) is 0 Å². The third kappa shape index (κ3) is 3.61. The fourth-order valence-electron chi connectivity index (χ4n) is 1.97. The van der Waals surface area contributed by atoms with Crippen LogP contribution in [0, 0.1) is 11.7 Å². The van der Waals surface area contributed by atoms with Gasteiger partial charge in [0, 0.05) is 0 Å². The Bertz CT molecular complexity index is 522. The van der Waals surface area contributed by atoms with Crippen molar-refractivity contribution >= 4 is 0 Å². The van der Waals surface area contributed by atoms with Crippen molar-refractivity contribution in [1.29, 1.82) is 0 Å². The molecule has 2 aromatic rings. The van der Waals surface area contributed by atoms with Crippen LogP contribution in [-0.4, -0.2) is 19.9 Å². The number of aliphatic hydroxyl groups is 1. The molecule has 19 heavy (non-hydrogen) atoms. The Balaban J connectivity index is 2.13. The summed E-state index contributed by atoms with van der Waals surface area (Å²) in [5.41, 5.74) is 0.921. The van der Waals surface area contributed by atoms with Crippen molar-refractivity contribution < 1.29 is 9.50 Å². The zero-order valence-electron chi connectivity index (χ0n) is 11.1. The Morgan fingerprint density at radius 3 is 2.58 bits per heavy atom. The van der Waals surface area contributed by atoms with E-state index in [1.54, 1.807) is 16.8 Å². The first-order valence-electron chi connectivity index (χ1n) is 6.36. The molecule has 0 aliphatic rings. The molecule has 1 N–H and O–H groups in total. The standard InChI is InChI=1S/C14H18FN3O/c1-10(2)7-13(19)14-16-9-17-18(14)8-11-3-5-12(15)6-4-11/h3-6,9-10,13,19H,7-8H2,1-2H3/t13-/m1/s1. The molecule has 1 aromatic heterocycles. The molecule has 2 rings (SSSR count). The van der Waals surface area contributed by atoms with E-state index in [9.17, 15) is 9.50 Å². The van der Waals surface area contributed by atoms with Gasteiger partial charge in [0.25, 0.3) is 0 Å². The van der Waals surface area contributed by atoms with E-state index in [1.807, 2.05) is 13.8 Å². The highest BCUT2D eigenvalue weighted by Gasteiger charge is 2.16. The molecule has 5 heteroatoms. The predicted molar refractivity (Wildman–Crippen MR) is 69.9 cm³/mol. The Morgan fingerprint density at radius 1 is 1.26 bits per heavy atom. The van der Waals surface area contributed by atoms with Gasteiger partial charge in [0.05, 0.1) is 6.54 Å². The van der Waals surface area contributed by atoms with Gasteiger partial charge in [-0.25, -0.2) is 14.1 Å². The Morgan fingerprint density at radius 2 is 1.95 bits per heavy atom. The van der Waals surface area contributed by atoms with Crippen LogP contribution in [0.4, 0.5) is 4.39 Å². The van der Waals surface area contributed by atoms with Gasteiger partial charge in [-0.3, -0.25) is 0 Å². The maximum absolute atomic E-state index is 12.8. The van der Waals surface area contributed by atoms with E-state index >= 15 is 0 Å². The third-order valence-electron chi connectivity index (χ3n) is 2.88. The summed E-state index contributed by atoms with van der Waals surface area (Å²) in [6, 6.07) is 6.23. The highest BCUT2D eigenvalue weighted by molar-refractivity contribution is 5.16. The van der Waals surface area contributed by atoms with Gasteiger partial charge in [-0.1, -0.05) is 26.0 Å². The summed E-state index contributed by atoms with van der Waals surface area (Å²) in [6.45, 7) is 4.57. The lowest BCUT2D eigenvalue weighted by atomic mass is 10.1. The fourth-order valence-corrected chi connectivity index (χ4v) is 1.97. The molecule has 0 spiro atoms. The summed E-state index contributed by atoms with van der Waals surface area (Å²) >= 11 is 0. The van der Waals surface area contributed by atoms with Gasteiger partial charge in [0.15, 0.2) is 5.82 Å². The molecule has 0 unspecified atom stereocenters. The van der Waals surface area contributed by atoms with Crippen molar-refractivity contribution in [3.8, 4) is 0 Å². The van der Waals surface area contributed by atoms with E-state index in [2.05, 4.69) is 10.1 Å². The minimum atomic E-state index is -0.622. The Kier molecular flexibility index (Phi) is 4.27. The minimum absolute atomic E-state index is 0.262. The number of rotatable bonds is 5. The monoisotopic (exact) mass is 263 g/mol. The van der Waals surface area contributed by atoms with Crippen molar-refractivity contribution in [2.24, 2.45) is 5.92 Å². The zero-order valence-corrected chi connectivity index (χ0v) is 11.1. The van der Waals surface area contributed by atoms with E-state index in [1.165, 1.54) is 18.5 Å². The second-order valence-corrected chi connectivity index (χ2v) is 5.05. The van der Waals surface area contributed by atoms with Gasteiger partial charge < -0.3 is 5.11 Å². The molecule has 0 aliphatic heterocycles. The van der Waals surface area contributed by atoms with E-state index in [-0.39, 0.29) is 5.82 Å². The smallest absolute Gasteiger partial charge is 0.156 e. The molecule has 0 fully saturated rings. The lowest BCUT2D eigenvalue weighted by Gasteiger charge is -2.13. The molecule has 102 valence electrons. The normalized spacial score (nSPS) is 12.9. The van der Waals surface area contributed by atoms with E-state index in [0.29, 0.717) is 24.7 Å². The average molecular weight is 263 g/mol. The fraction of sp³-hybridized carbons (Fsp3) is 0.429. The molecular weight excluding hydrogens is 245 g/mol. The van der Waals surface area contributed by atoms with Gasteiger partial charge in [0.1, 0.15) is 18.2 Å². The van der Waals surface area contributed by atoms with Crippen molar-refractivity contribution in [1.82, 2.24) is 14.8 Å². The number of aromatic nitrogens is 3. The van der Waals surface area contributed by atoms with Gasteiger partial charge >= 0.3 is 0 Å². The maximum atomic E-state index is 12.8. The summed E-state index contributed by atoms with van der Waals surface area (Å²) < 4.78 is 14.5. The Hall–Kier alpha value is -1.75. The van der Waals surface area contributed by atoms with Gasteiger partial charge in [-0.05, 0) is 30.0 Å². The van der Waals surface area contributed by atoms with Crippen LogP contribution in [0.1, 0.15) is 37.8 Å². The first-order chi connectivity index (χ1) is 9.06. The van der Waals surface area contributed by atoms with Crippen LogP contribution in [0.25, 0.3) is 0 Å². The first kappa shape index (κ1) is 13.7. The van der Waals surface area contributed by atoms with Crippen LogP contribution in [0.15, 0.2) is 30.6 Å². The molecule has 1 aromatic carbocycles.